The molecule has 0 aliphatic carbocycles. The number of hydrogen-bond donors (Lipinski definition) is 2. The Labute approximate surface area is 161 Å². The van der Waals surface area contributed by atoms with Crippen molar-refractivity contribution in [2.24, 2.45) is 0 Å². The summed E-state index contributed by atoms with van der Waals surface area (Å²) in [5.74, 6) is 2.00. The first kappa shape index (κ1) is 20.0. The lowest BCUT2D eigenvalue weighted by molar-refractivity contribution is 0.395. The number of ether oxygens (including phenoxy) is 2. The largest absolute Gasteiger partial charge is 0.497 e. The predicted molar refractivity (Wildman–Crippen MR) is 112 cm³/mol. The lowest BCUT2D eigenvalue weighted by Crippen LogP contribution is -2.31. The quantitative estimate of drug-likeness (QED) is 0.649. The molecule has 0 radical (unpaired) electrons. The van der Waals surface area contributed by atoms with Crippen molar-refractivity contribution in [1.29, 1.82) is 0 Å². The minimum Gasteiger partial charge on any atom is -0.497 e. The van der Waals surface area contributed by atoms with Gasteiger partial charge in [-0.05, 0) is 54.7 Å². The first-order valence-corrected chi connectivity index (χ1v) is 9.28. The van der Waals surface area contributed by atoms with Crippen molar-refractivity contribution in [2.75, 3.05) is 19.5 Å². The number of rotatable bonds is 7. The monoisotopic (exact) mass is 372 g/mol. The van der Waals surface area contributed by atoms with Gasteiger partial charge >= 0.3 is 0 Å². The van der Waals surface area contributed by atoms with Gasteiger partial charge < -0.3 is 20.1 Å². The highest BCUT2D eigenvalue weighted by Crippen LogP contribution is 2.29. The van der Waals surface area contributed by atoms with Crippen molar-refractivity contribution in [3.63, 3.8) is 0 Å². The third-order valence-corrected chi connectivity index (χ3v) is 4.84. The zero-order valence-electron chi connectivity index (χ0n) is 16.1. The minimum absolute atomic E-state index is 0.102. The average molecular weight is 373 g/mol. The number of anilines is 1. The van der Waals surface area contributed by atoms with Crippen molar-refractivity contribution in [3.05, 3.63) is 53.6 Å². The Morgan fingerprint density at radius 2 is 1.65 bits per heavy atom. The molecule has 140 valence electrons. The van der Waals surface area contributed by atoms with Crippen LogP contribution in [0.2, 0.25) is 0 Å². The third-order valence-electron chi connectivity index (χ3n) is 4.62. The predicted octanol–water partition coefficient (Wildman–Crippen LogP) is 5.26. The molecule has 0 spiro atoms. The number of nitrogens with one attached hydrogen (secondary N) is 2. The molecule has 2 aromatic rings. The van der Waals surface area contributed by atoms with E-state index in [0.717, 1.165) is 17.9 Å². The smallest absolute Gasteiger partial charge is 0.171 e. The Balaban J connectivity index is 2.01. The second-order valence-corrected chi connectivity index (χ2v) is 6.77. The Morgan fingerprint density at radius 1 is 1.00 bits per heavy atom. The highest BCUT2D eigenvalue weighted by Gasteiger charge is 2.11. The van der Waals surface area contributed by atoms with Gasteiger partial charge in [-0.25, -0.2) is 0 Å². The van der Waals surface area contributed by atoms with E-state index in [1.807, 2.05) is 18.2 Å². The molecule has 0 aliphatic rings. The molecule has 2 rings (SSSR count). The molecule has 2 N–H and O–H groups in total. The van der Waals surface area contributed by atoms with Gasteiger partial charge in [0.1, 0.15) is 11.5 Å². The van der Waals surface area contributed by atoms with Crippen molar-refractivity contribution in [3.8, 4) is 11.5 Å². The summed E-state index contributed by atoms with van der Waals surface area (Å²) in [6.45, 7) is 6.55. The number of hydrogen-bond acceptors (Lipinski definition) is 3. The highest BCUT2D eigenvalue weighted by molar-refractivity contribution is 7.80. The summed E-state index contributed by atoms with van der Waals surface area (Å²) in [4.78, 5) is 0. The van der Waals surface area contributed by atoms with Crippen LogP contribution in [0.4, 0.5) is 5.69 Å². The SMILES string of the molecule is CC[C@H](C)c1ccc([C@H](C)NC(=S)Nc2ccc(OC)cc2OC)cc1. The van der Waals surface area contributed by atoms with E-state index in [0.29, 0.717) is 16.8 Å². The summed E-state index contributed by atoms with van der Waals surface area (Å²) in [6, 6.07) is 14.4. The Kier molecular flexibility index (Phi) is 7.27. The molecule has 0 amide bonds. The normalized spacial score (nSPS) is 12.8. The molecule has 0 aromatic heterocycles. The van der Waals surface area contributed by atoms with E-state index in [-0.39, 0.29) is 6.04 Å². The van der Waals surface area contributed by atoms with Gasteiger partial charge in [-0.15, -0.1) is 0 Å². The van der Waals surface area contributed by atoms with E-state index in [1.165, 1.54) is 11.1 Å². The van der Waals surface area contributed by atoms with Gasteiger partial charge in [-0.3, -0.25) is 0 Å². The van der Waals surface area contributed by atoms with E-state index in [9.17, 15) is 0 Å². The third kappa shape index (κ3) is 5.11. The van der Waals surface area contributed by atoms with Crippen LogP contribution < -0.4 is 20.1 Å². The van der Waals surface area contributed by atoms with Crippen LogP contribution in [0, 0.1) is 0 Å². The Hall–Kier alpha value is -2.27. The van der Waals surface area contributed by atoms with Gasteiger partial charge in [0.05, 0.1) is 25.9 Å². The van der Waals surface area contributed by atoms with E-state index in [2.05, 4.69) is 55.7 Å². The molecule has 4 nitrogen and oxygen atoms in total. The van der Waals surface area contributed by atoms with Crippen molar-refractivity contribution in [2.45, 2.75) is 39.2 Å². The maximum Gasteiger partial charge on any atom is 0.171 e. The molecule has 0 saturated heterocycles. The number of thiocarbonyl (C=S) groups is 1. The van der Waals surface area contributed by atoms with Crippen LogP contribution in [0.15, 0.2) is 42.5 Å². The van der Waals surface area contributed by atoms with Crippen molar-refractivity contribution < 1.29 is 9.47 Å². The molecule has 0 saturated carbocycles. The van der Waals surface area contributed by atoms with E-state index in [1.54, 1.807) is 14.2 Å². The lowest BCUT2D eigenvalue weighted by Gasteiger charge is -2.19. The molecular weight excluding hydrogens is 344 g/mol. The molecular formula is C21H28N2O2S. The summed E-state index contributed by atoms with van der Waals surface area (Å²) in [5, 5.41) is 7.06. The summed E-state index contributed by atoms with van der Waals surface area (Å²) in [7, 11) is 3.25. The van der Waals surface area contributed by atoms with Crippen LogP contribution in [0.5, 0.6) is 11.5 Å². The van der Waals surface area contributed by atoms with Gasteiger partial charge in [-0.2, -0.15) is 0 Å². The molecule has 5 heteroatoms. The molecule has 26 heavy (non-hydrogen) atoms. The summed E-state index contributed by atoms with van der Waals surface area (Å²) >= 11 is 5.46. The van der Waals surface area contributed by atoms with Crippen LogP contribution in [0.3, 0.4) is 0 Å². The van der Waals surface area contributed by atoms with E-state index in [4.69, 9.17) is 21.7 Å². The van der Waals surface area contributed by atoms with Gasteiger partial charge in [0.25, 0.3) is 0 Å². The summed E-state index contributed by atoms with van der Waals surface area (Å²) < 4.78 is 10.6. The fraction of sp³-hybridized carbons (Fsp3) is 0.381. The number of benzene rings is 2. The van der Waals surface area contributed by atoms with Crippen LogP contribution in [-0.2, 0) is 0 Å². The lowest BCUT2D eigenvalue weighted by atomic mass is 9.96. The van der Waals surface area contributed by atoms with Crippen molar-refractivity contribution >= 4 is 23.0 Å². The standard InChI is InChI=1S/C21H28N2O2S/c1-6-14(2)16-7-9-17(10-8-16)15(3)22-21(26)23-19-12-11-18(24-4)13-20(19)25-5/h7-15H,6H2,1-5H3,(H2,22,23,26)/t14-,15-/m0/s1. The van der Waals surface area contributed by atoms with Crippen LogP contribution >= 0.6 is 12.2 Å². The van der Waals surface area contributed by atoms with Crippen LogP contribution in [0.25, 0.3) is 0 Å². The van der Waals surface area contributed by atoms with Crippen molar-refractivity contribution in [1.82, 2.24) is 5.32 Å². The fourth-order valence-electron chi connectivity index (χ4n) is 2.69. The maximum atomic E-state index is 5.46. The van der Waals surface area contributed by atoms with Gasteiger partial charge in [-0.1, -0.05) is 38.1 Å². The maximum absolute atomic E-state index is 5.46. The van der Waals surface area contributed by atoms with Crippen LogP contribution in [0.1, 0.15) is 50.3 Å². The zero-order chi connectivity index (χ0) is 19.1. The Bertz CT molecular complexity index is 731. The highest BCUT2D eigenvalue weighted by atomic mass is 32.1. The number of methoxy groups -OCH3 is 2. The van der Waals surface area contributed by atoms with Crippen LogP contribution in [-0.4, -0.2) is 19.3 Å². The second kappa shape index (κ2) is 9.43. The molecule has 2 atom stereocenters. The summed E-state index contributed by atoms with van der Waals surface area (Å²) in [6.07, 6.45) is 1.14. The first-order valence-electron chi connectivity index (χ1n) is 8.87. The molecule has 0 heterocycles. The van der Waals surface area contributed by atoms with Gasteiger partial charge in [0.15, 0.2) is 5.11 Å². The van der Waals surface area contributed by atoms with Gasteiger partial charge in [0.2, 0.25) is 0 Å². The molecule has 0 aliphatic heterocycles. The molecule has 0 bridgehead atoms. The molecule has 0 fully saturated rings. The summed E-state index contributed by atoms with van der Waals surface area (Å²) in [5.41, 5.74) is 3.36. The van der Waals surface area contributed by atoms with E-state index >= 15 is 0 Å². The first-order chi connectivity index (χ1) is 12.5. The van der Waals surface area contributed by atoms with Gasteiger partial charge in [0, 0.05) is 6.07 Å². The average Bonchev–Trinajstić information content (AvgIpc) is 2.67. The zero-order valence-corrected chi connectivity index (χ0v) is 16.9. The Morgan fingerprint density at radius 3 is 2.23 bits per heavy atom. The minimum atomic E-state index is 0.102. The fourth-order valence-corrected chi connectivity index (χ4v) is 2.98. The topological polar surface area (TPSA) is 42.5 Å². The van der Waals surface area contributed by atoms with E-state index < -0.39 is 0 Å². The molecule has 2 aromatic carbocycles. The second-order valence-electron chi connectivity index (χ2n) is 6.36. The molecule has 0 unspecified atom stereocenters.